The Morgan fingerprint density at radius 3 is 2.50 bits per heavy atom. The molecule has 16 heavy (non-hydrogen) atoms. The second-order valence-electron chi connectivity index (χ2n) is 4.36. The molecule has 0 spiro atoms. The summed E-state index contributed by atoms with van der Waals surface area (Å²) in [7, 11) is 1.87. The number of rotatable bonds is 5. The maximum atomic E-state index is 13.3. The van der Waals surface area contributed by atoms with E-state index < -0.39 is 0 Å². The molecule has 2 nitrogen and oxygen atoms in total. The summed E-state index contributed by atoms with van der Waals surface area (Å²) in [6.07, 6.45) is 0.0341. The molecule has 0 aliphatic carbocycles. The molecule has 1 aromatic carbocycles. The SMILES string of the molecule is CNC[C@H](C)Oc1cc(F)cc(C(C)C)c1. The molecule has 0 aliphatic rings. The minimum Gasteiger partial charge on any atom is -0.489 e. The molecule has 0 unspecified atom stereocenters. The molecular formula is C13H20FNO. The van der Waals surface area contributed by atoms with Gasteiger partial charge < -0.3 is 10.1 Å². The monoisotopic (exact) mass is 225 g/mol. The van der Waals surface area contributed by atoms with Crippen molar-refractivity contribution in [3.63, 3.8) is 0 Å². The highest BCUT2D eigenvalue weighted by Gasteiger charge is 2.07. The number of hydrogen-bond donors (Lipinski definition) is 1. The Hall–Kier alpha value is -1.09. The van der Waals surface area contributed by atoms with Crippen LogP contribution in [0.2, 0.25) is 0 Å². The van der Waals surface area contributed by atoms with E-state index >= 15 is 0 Å². The van der Waals surface area contributed by atoms with Crippen LogP contribution in [-0.2, 0) is 0 Å². The summed E-state index contributed by atoms with van der Waals surface area (Å²) in [6, 6.07) is 4.89. The summed E-state index contributed by atoms with van der Waals surface area (Å²) in [6.45, 7) is 6.77. The summed E-state index contributed by atoms with van der Waals surface area (Å²) in [5.41, 5.74) is 0.964. The maximum Gasteiger partial charge on any atom is 0.127 e. The topological polar surface area (TPSA) is 21.3 Å². The van der Waals surface area contributed by atoms with E-state index in [1.165, 1.54) is 6.07 Å². The smallest absolute Gasteiger partial charge is 0.127 e. The van der Waals surface area contributed by atoms with Crippen molar-refractivity contribution in [1.29, 1.82) is 0 Å². The lowest BCUT2D eigenvalue weighted by atomic mass is 10.0. The maximum absolute atomic E-state index is 13.3. The quantitative estimate of drug-likeness (QED) is 0.832. The van der Waals surface area contributed by atoms with Crippen LogP contribution in [0.5, 0.6) is 5.75 Å². The predicted molar refractivity (Wildman–Crippen MR) is 64.5 cm³/mol. The van der Waals surface area contributed by atoms with Gasteiger partial charge in [-0.1, -0.05) is 13.8 Å². The third-order valence-electron chi connectivity index (χ3n) is 2.39. The normalized spacial score (nSPS) is 12.9. The molecule has 3 heteroatoms. The zero-order valence-corrected chi connectivity index (χ0v) is 10.4. The molecule has 1 aromatic rings. The first kappa shape index (κ1) is 13.0. The van der Waals surface area contributed by atoms with Gasteiger partial charge in [0.15, 0.2) is 0 Å². The van der Waals surface area contributed by atoms with Gasteiger partial charge in [0, 0.05) is 12.6 Å². The van der Waals surface area contributed by atoms with Gasteiger partial charge >= 0.3 is 0 Å². The molecule has 1 atom stereocenters. The Kier molecular flexibility index (Phi) is 4.74. The van der Waals surface area contributed by atoms with Crippen LogP contribution in [0.15, 0.2) is 18.2 Å². The van der Waals surface area contributed by atoms with Crippen molar-refractivity contribution < 1.29 is 9.13 Å². The summed E-state index contributed by atoms with van der Waals surface area (Å²) in [4.78, 5) is 0. The van der Waals surface area contributed by atoms with Crippen LogP contribution >= 0.6 is 0 Å². The Morgan fingerprint density at radius 2 is 1.94 bits per heavy atom. The summed E-state index contributed by atoms with van der Waals surface area (Å²) in [5.74, 6) is 0.668. The number of nitrogens with one attached hydrogen (secondary N) is 1. The highest BCUT2D eigenvalue weighted by atomic mass is 19.1. The van der Waals surface area contributed by atoms with Gasteiger partial charge in [0.1, 0.15) is 17.7 Å². The predicted octanol–water partition coefficient (Wildman–Crippen LogP) is 2.94. The zero-order chi connectivity index (χ0) is 12.1. The van der Waals surface area contributed by atoms with Gasteiger partial charge in [0.25, 0.3) is 0 Å². The van der Waals surface area contributed by atoms with Crippen LogP contribution in [0.3, 0.4) is 0 Å². The molecule has 0 amide bonds. The molecule has 0 saturated carbocycles. The van der Waals surface area contributed by atoms with E-state index in [4.69, 9.17) is 4.74 Å². The van der Waals surface area contributed by atoms with Crippen molar-refractivity contribution in [2.45, 2.75) is 32.8 Å². The van der Waals surface area contributed by atoms with E-state index in [0.717, 1.165) is 12.1 Å². The summed E-state index contributed by atoms with van der Waals surface area (Å²) >= 11 is 0. The molecule has 0 aliphatic heterocycles. The first-order valence-corrected chi connectivity index (χ1v) is 5.64. The third kappa shape index (κ3) is 3.81. The lowest BCUT2D eigenvalue weighted by Crippen LogP contribution is -2.26. The summed E-state index contributed by atoms with van der Waals surface area (Å²) < 4.78 is 19.0. The number of halogens is 1. The Balaban J connectivity index is 2.80. The Bertz CT molecular complexity index is 339. The van der Waals surface area contributed by atoms with Crippen LogP contribution in [0.25, 0.3) is 0 Å². The van der Waals surface area contributed by atoms with Gasteiger partial charge in [-0.25, -0.2) is 4.39 Å². The van der Waals surface area contributed by atoms with Crippen LogP contribution in [0.4, 0.5) is 4.39 Å². The second kappa shape index (κ2) is 5.85. The van der Waals surface area contributed by atoms with Crippen molar-refractivity contribution in [1.82, 2.24) is 5.32 Å². The molecule has 0 fully saturated rings. The molecule has 0 bridgehead atoms. The number of ether oxygens (including phenoxy) is 1. The molecule has 0 saturated heterocycles. The van der Waals surface area contributed by atoms with Gasteiger partial charge in [-0.2, -0.15) is 0 Å². The second-order valence-corrected chi connectivity index (χ2v) is 4.36. The number of likely N-dealkylation sites (N-methyl/N-ethyl adjacent to an activating group) is 1. The van der Waals surface area contributed by atoms with E-state index in [-0.39, 0.29) is 11.9 Å². The van der Waals surface area contributed by atoms with Crippen LogP contribution in [0, 0.1) is 5.82 Å². The van der Waals surface area contributed by atoms with Crippen molar-refractivity contribution in [3.05, 3.63) is 29.6 Å². The summed E-state index contributed by atoms with van der Waals surface area (Å²) in [5, 5.41) is 3.02. The molecule has 0 radical (unpaired) electrons. The lowest BCUT2D eigenvalue weighted by Gasteiger charge is -2.16. The van der Waals surface area contributed by atoms with Crippen LogP contribution < -0.4 is 10.1 Å². The van der Waals surface area contributed by atoms with Gasteiger partial charge in [-0.15, -0.1) is 0 Å². The standard InChI is InChI=1S/C13H20FNO/c1-9(2)11-5-12(14)7-13(6-11)16-10(3)8-15-4/h5-7,9-10,15H,8H2,1-4H3/t10-/m0/s1. The molecule has 1 N–H and O–H groups in total. The van der Waals surface area contributed by atoms with Gasteiger partial charge in [-0.05, 0) is 37.6 Å². The van der Waals surface area contributed by atoms with Crippen molar-refractivity contribution in [2.75, 3.05) is 13.6 Å². The lowest BCUT2D eigenvalue weighted by molar-refractivity contribution is 0.219. The third-order valence-corrected chi connectivity index (χ3v) is 2.39. The van der Waals surface area contributed by atoms with E-state index in [9.17, 15) is 4.39 Å². The van der Waals surface area contributed by atoms with Gasteiger partial charge in [0.2, 0.25) is 0 Å². The van der Waals surface area contributed by atoms with E-state index in [1.807, 2.05) is 33.9 Å². The average molecular weight is 225 g/mol. The fraction of sp³-hybridized carbons (Fsp3) is 0.538. The zero-order valence-electron chi connectivity index (χ0n) is 10.4. The van der Waals surface area contributed by atoms with E-state index in [0.29, 0.717) is 11.7 Å². The van der Waals surface area contributed by atoms with Crippen molar-refractivity contribution in [2.24, 2.45) is 0 Å². The van der Waals surface area contributed by atoms with Gasteiger partial charge in [-0.3, -0.25) is 0 Å². The Labute approximate surface area is 96.8 Å². The number of benzene rings is 1. The average Bonchev–Trinajstić information content (AvgIpc) is 2.16. The highest BCUT2D eigenvalue weighted by Crippen LogP contribution is 2.23. The minimum atomic E-state index is -0.238. The Morgan fingerprint density at radius 1 is 1.25 bits per heavy atom. The molecular weight excluding hydrogens is 205 g/mol. The fourth-order valence-electron chi connectivity index (χ4n) is 1.55. The van der Waals surface area contributed by atoms with Gasteiger partial charge in [0.05, 0.1) is 0 Å². The van der Waals surface area contributed by atoms with Crippen LogP contribution in [0.1, 0.15) is 32.3 Å². The van der Waals surface area contributed by atoms with Crippen molar-refractivity contribution in [3.8, 4) is 5.75 Å². The van der Waals surface area contributed by atoms with Crippen molar-refractivity contribution >= 4 is 0 Å². The van der Waals surface area contributed by atoms with E-state index in [2.05, 4.69) is 5.32 Å². The largest absolute Gasteiger partial charge is 0.489 e. The molecule has 0 heterocycles. The molecule has 0 aromatic heterocycles. The highest BCUT2D eigenvalue weighted by molar-refractivity contribution is 5.31. The van der Waals surface area contributed by atoms with Crippen LogP contribution in [-0.4, -0.2) is 19.7 Å². The molecule has 1 rings (SSSR count). The number of hydrogen-bond acceptors (Lipinski definition) is 2. The van der Waals surface area contributed by atoms with E-state index in [1.54, 1.807) is 6.07 Å². The minimum absolute atomic E-state index is 0.0341. The molecule has 90 valence electrons. The fourth-order valence-corrected chi connectivity index (χ4v) is 1.55. The first-order chi connectivity index (χ1) is 7.52. The first-order valence-electron chi connectivity index (χ1n) is 5.64.